The first-order chi connectivity index (χ1) is 9.72. The summed E-state index contributed by atoms with van der Waals surface area (Å²) in [5.41, 5.74) is 1.44. The molecule has 0 spiro atoms. The molecule has 1 saturated heterocycles. The highest BCUT2D eigenvalue weighted by molar-refractivity contribution is 5.88. The van der Waals surface area contributed by atoms with Gasteiger partial charge in [0.25, 0.3) is 0 Å². The molecule has 1 aliphatic rings. The summed E-state index contributed by atoms with van der Waals surface area (Å²) in [5, 5.41) is 0. The van der Waals surface area contributed by atoms with E-state index >= 15 is 0 Å². The van der Waals surface area contributed by atoms with Gasteiger partial charge in [-0.25, -0.2) is 4.79 Å². The van der Waals surface area contributed by atoms with Crippen molar-refractivity contribution in [2.45, 2.75) is 32.4 Å². The van der Waals surface area contributed by atoms with Crippen LogP contribution >= 0.6 is 0 Å². The maximum absolute atomic E-state index is 11.3. The molecule has 110 valence electrons. The molecule has 0 aromatic carbocycles. The Morgan fingerprint density at radius 1 is 1.55 bits per heavy atom. The second kappa shape index (κ2) is 7.36. The number of esters is 1. The Morgan fingerprint density at radius 3 is 2.95 bits per heavy atom. The van der Waals surface area contributed by atoms with Gasteiger partial charge in [0, 0.05) is 25.9 Å². The normalized spacial score (nSPS) is 18.4. The van der Waals surface area contributed by atoms with E-state index in [2.05, 4.69) is 21.5 Å². The van der Waals surface area contributed by atoms with E-state index in [1.165, 1.54) is 7.11 Å². The first-order valence-electron chi connectivity index (χ1n) is 7.10. The number of carbonyl (C=O) groups excluding carboxylic acids is 1. The fourth-order valence-corrected chi connectivity index (χ4v) is 2.37. The molecule has 2 rings (SSSR count). The molecule has 1 aromatic rings. The quantitative estimate of drug-likeness (QED) is 0.744. The standard InChI is InChI=1S/C15H22N2O3/c1-3-17(11-14-5-4-8-20-14)10-13-7-6-12(9-16-13)15(18)19-2/h6-7,9,14H,3-5,8,10-11H2,1-2H3. The largest absolute Gasteiger partial charge is 0.465 e. The summed E-state index contributed by atoms with van der Waals surface area (Å²) in [4.78, 5) is 18.0. The number of hydrogen-bond acceptors (Lipinski definition) is 5. The van der Waals surface area contributed by atoms with Crippen LogP contribution in [0, 0.1) is 0 Å². The zero-order valence-corrected chi connectivity index (χ0v) is 12.2. The van der Waals surface area contributed by atoms with Crippen molar-refractivity contribution in [1.29, 1.82) is 0 Å². The Balaban J connectivity index is 1.91. The smallest absolute Gasteiger partial charge is 0.339 e. The summed E-state index contributed by atoms with van der Waals surface area (Å²) in [6, 6.07) is 3.64. The first-order valence-corrected chi connectivity index (χ1v) is 7.10. The Labute approximate surface area is 119 Å². The molecule has 1 unspecified atom stereocenters. The number of rotatable bonds is 6. The number of ether oxygens (including phenoxy) is 2. The van der Waals surface area contributed by atoms with Crippen LogP contribution in [0.1, 0.15) is 35.8 Å². The van der Waals surface area contributed by atoms with E-state index < -0.39 is 0 Å². The van der Waals surface area contributed by atoms with E-state index in [1.807, 2.05) is 6.07 Å². The van der Waals surface area contributed by atoms with E-state index in [0.29, 0.717) is 11.7 Å². The molecule has 1 atom stereocenters. The highest BCUT2D eigenvalue weighted by Crippen LogP contribution is 2.14. The third kappa shape index (κ3) is 4.02. The lowest BCUT2D eigenvalue weighted by atomic mass is 10.2. The van der Waals surface area contributed by atoms with Gasteiger partial charge in [-0.2, -0.15) is 0 Å². The van der Waals surface area contributed by atoms with Gasteiger partial charge in [-0.3, -0.25) is 9.88 Å². The molecule has 1 fully saturated rings. The average Bonchev–Trinajstić information content (AvgIpc) is 2.99. The minimum absolute atomic E-state index is 0.351. The molecule has 0 N–H and O–H groups in total. The minimum atomic E-state index is -0.351. The zero-order valence-electron chi connectivity index (χ0n) is 12.2. The van der Waals surface area contributed by atoms with E-state index in [9.17, 15) is 4.79 Å². The Morgan fingerprint density at radius 2 is 2.40 bits per heavy atom. The molecular formula is C15H22N2O3. The van der Waals surface area contributed by atoms with Gasteiger partial charge in [0.1, 0.15) is 0 Å². The number of pyridine rings is 1. The van der Waals surface area contributed by atoms with Crippen LogP contribution in [0.2, 0.25) is 0 Å². The molecule has 1 aromatic heterocycles. The van der Waals surface area contributed by atoms with Gasteiger partial charge in [0.05, 0.1) is 24.5 Å². The highest BCUT2D eigenvalue weighted by Gasteiger charge is 2.18. The number of likely N-dealkylation sites (N-methyl/N-ethyl adjacent to an activating group) is 1. The van der Waals surface area contributed by atoms with Crippen LogP contribution in [-0.4, -0.2) is 48.8 Å². The highest BCUT2D eigenvalue weighted by atomic mass is 16.5. The predicted molar refractivity (Wildman–Crippen MR) is 75.5 cm³/mol. The lowest BCUT2D eigenvalue weighted by Crippen LogP contribution is -2.31. The van der Waals surface area contributed by atoms with Crippen molar-refractivity contribution < 1.29 is 14.3 Å². The van der Waals surface area contributed by atoms with Crippen LogP contribution in [0.3, 0.4) is 0 Å². The Hall–Kier alpha value is -1.46. The lowest BCUT2D eigenvalue weighted by Gasteiger charge is -2.23. The zero-order chi connectivity index (χ0) is 14.4. The summed E-state index contributed by atoms with van der Waals surface area (Å²) in [5.74, 6) is -0.351. The summed E-state index contributed by atoms with van der Waals surface area (Å²) in [6.45, 7) is 5.70. The molecule has 20 heavy (non-hydrogen) atoms. The molecule has 5 heteroatoms. The first kappa shape index (κ1) is 14.9. The Kier molecular flexibility index (Phi) is 5.49. The van der Waals surface area contributed by atoms with Crippen molar-refractivity contribution in [3.8, 4) is 0 Å². The third-order valence-electron chi connectivity index (χ3n) is 3.56. The summed E-state index contributed by atoms with van der Waals surface area (Å²) < 4.78 is 10.3. The number of aromatic nitrogens is 1. The van der Waals surface area contributed by atoms with Crippen LogP contribution in [-0.2, 0) is 16.0 Å². The van der Waals surface area contributed by atoms with Crippen molar-refractivity contribution in [1.82, 2.24) is 9.88 Å². The molecule has 1 aliphatic heterocycles. The number of hydrogen-bond donors (Lipinski definition) is 0. The molecule has 0 radical (unpaired) electrons. The second-order valence-electron chi connectivity index (χ2n) is 4.99. The molecule has 0 saturated carbocycles. The summed E-state index contributed by atoms with van der Waals surface area (Å²) >= 11 is 0. The monoisotopic (exact) mass is 278 g/mol. The summed E-state index contributed by atoms with van der Waals surface area (Å²) in [6.07, 6.45) is 4.23. The maximum Gasteiger partial charge on any atom is 0.339 e. The predicted octanol–water partition coefficient (Wildman–Crippen LogP) is 1.87. The van der Waals surface area contributed by atoms with Crippen molar-refractivity contribution in [2.75, 3.05) is 26.8 Å². The van der Waals surface area contributed by atoms with Gasteiger partial charge in [-0.15, -0.1) is 0 Å². The number of carbonyl (C=O) groups is 1. The number of methoxy groups -OCH3 is 1. The fourth-order valence-electron chi connectivity index (χ4n) is 2.37. The van der Waals surface area contributed by atoms with Gasteiger partial charge in [-0.1, -0.05) is 6.92 Å². The molecule has 0 bridgehead atoms. The van der Waals surface area contributed by atoms with Gasteiger partial charge >= 0.3 is 5.97 Å². The third-order valence-corrected chi connectivity index (χ3v) is 3.56. The van der Waals surface area contributed by atoms with Gasteiger partial charge in [-0.05, 0) is 31.5 Å². The number of nitrogens with zero attached hydrogens (tertiary/aromatic N) is 2. The van der Waals surface area contributed by atoms with Crippen LogP contribution < -0.4 is 0 Å². The van der Waals surface area contributed by atoms with Crippen LogP contribution in [0.4, 0.5) is 0 Å². The van der Waals surface area contributed by atoms with Crippen molar-refractivity contribution in [2.24, 2.45) is 0 Å². The van der Waals surface area contributed by atoms with Crippen LogP contribution in [0.5, 0.6) is 0 Å². The molecule has 0 aliphatic carbocycles. The summed E-state index contributed by atoms with van der Waals surface area (Å²) in [7, 11) is 1.37. The van der Waals surface area contributed by atoms with Gasteiger partial charge in [0.15, 0.2) is 0 Å². The van der Waals surface area contributed by atoms with Crippen molar-refractivity contribution in [3.05, 3.63) is 29.6 Å². The van der Waals surface area contributed by atoms with E-state index in [-0.39, 0.29) is 5.97 Å². The molecule has 2 heterocycles. The van der Waals surface area contributed by atoms with E-state index in [0.717, 1.165) is 44.8 Å². The molecule has 5 nitrogen and oxygen atoms in total. The molecule has 0 amide bonds. The SMILES string of the molecule is CCN(Cc1ccc(C(=O)OC)cn1)CC1CCCO1. The average molecular weight is 278 g/mol. The van der Waals surface area contributed by atoms with Crippen molar-refractivity contribution >= 4 is 5.97 Å². The topological polar surface area (TPSA) is 51.7 Å². The molecular weight excluding hydrogens is 256 g/mol. The second-order valence-corrected chi connectivity index (χ2v) is 4.99. The van der Waals surface area contributed by atoms with E-state index in [4.69, 9.17) is 4.74 Å². The lowest BCUT2D eigenvalue weighted by molar-refractivity contribution is 0.0600. The Bertz CT molecular complexity index is 427. The van der Waals surface area contributed by atoms with Gasteiger partial charge < -0.3 is 9.47 Å². The van der Waals surface area contributed by atoms with Gasteiger partial charge in [0.2, 0.25) is 0 Å². The fraction of sp³-hybridized carbons (Fsp3) is 0.600. The van der Waals surface area contributed by atoms with Crippen molar-refractivity contribution in [3.63, 3.8) is 0 Å². The maximum atomic E-state index is 11.3. The van der Waals surface area contributed by atoms with E-state index in [1.54, 1.807) is 12.3 Å². The van der Waals surface area contributed by atoms with Crippen LogP contribution in [0.15, 0.2) is 18.3 Å². The minimum Gasteiger partial charge on any atom is -0.465 e. The van der Waals surface area contributed by atoms with Crippen LogP contribution in [0.25, 0.3) is 0 Å².